The summed E-state index contributed by atoms with van der Waals surface area (Å²) in [5.74, 6) is 0.929. The van der Waals surface area contributed by atoms with E-state index in [0.29, 0.717) is 18.3 Å². The first kappa shape index (κ1) is 63.1. The molecule has 0 aliphatic heterocycles. The maximum Gasteiger partial charge on any atom is 0.308 e. The van der Waals surface area contributed by atoms with E-state index >= 15 is 0 Å². The summed E-state index contributed by atoms with van der Waals surface area (Å²) in [5.41, 5.74) is -0.499. The predicted molar refractivity (Wildman–Crippen MR) is 274 cm³/mol. The van der Waals surface area contributed by atoms with Crippen LogP contribution < -0.4 is 0 Å². The van der Waals surface area contributed by atoms with Crippen LogP contribution in [-0.2, 0) is 14.3 Å². The summed E-state index contributed by atoms with van der Waals surface area (Å²) in [4.78, 5) is 27.1. The molecule has 372 valence electrons. The quantitative estimate of drug-likeness (QED) is 0.0487. The number of hydrogen-bond acceptors (Lipinski definition) is 5. The van der Waals surface area contributed by atoms with E-state index < -0.39 is 5.60 Å². The molecule has 5 nitrogen and oxygen atoms in total. The van der Waals surface area contributed by atoms with Gasteiger partial charge < -0.3 is 14.7 Å². The van der Waals surface area contributed by atoms with Crippen molar-refractivity contribution in [3.05, 3.63) is 0 Å². The van der Waals surface area contributed by atoms with E-state index in [2.05, 4.69) is 53.4 Å². The summed E-state index contributed by atoms with van der Waals surface area (Å²) in [6.07, 6.45) is 48.1. The molecule has 0 aliphatic rings. The average Bonchev–Trinajstić information content (AvgIpc) is 3.26. The number of ketones is 1. The van der Waals surface area contributed by atoms with E-state index in [4.69, 9.17) is 4.74 Å². The third-order valence-corrected chi connectivity index (χ3v) is 13.5. The smallest absolute Gasteiger partial charge is 0.308 e. The third-order valence-electron chi connectivity index (χ3n) is 13.5. The number of carbonyl (C=O) groups is 2. The minimum atomic E-state index is -0.499. The Labute approximate surface area is 390 Å². The molecule has 0 bridgehead atoms. The van der Waals surface area contributed by atoms with Crippen LogP contribution in [0.15, 0.2) is 0 Å². The summed E-state index contributed by atoms with van der Waals surface area (Å²) in [6, 6.07) is 0. The van der Waals surface area contributed by atoms with Crippen molar-refractivity contribution < 1.29 is 19.4 Å². The van der Waals surface area contributed by atoms with Gasteiger partial charge in [0.1, 0.15) is 5.78 Å². The minimum absolute atomic E-state index is 0.0592. The molecule has 3 atom stereocenters. The Balaban J connectivity index is 0. The summed E-state index contributed by atoms with van der Waals surface area (Å²) in [6.45, 7) is 21.7. The highest BCUT2D eigenvalue weighted by molar-refractivity contribution is 5.78. The lowest BCUT2D eigenvalue weighted by Gasteiger charge is -2.29. The molecule has 0 rings (SSSR count). The van der Waals surface area contributed by atoms with Crippen molar-refractivity contribution in [2.24, 2.45) is 11.8 Å². The fraction of sp³-hybridized carbons (Fsp3) is 0.965. The highest BCUT2D eigenvalue weighted by Crippen LogP contribution is 2.29. The molecule has 0 amide bonds. The van der Waals surface area contributed by atoms with Gasteiger partial charge in [0.05, 0.1) is 18.1 Å². The highest BCUT2D eigenvalue weighted by Gasteiger charge is 2.25. The van der Waals surface area contributed by atoms with E-state index in [1.54, 1.807) is 6.92 Å². The van der Waals surface area contributed by atoms with Crippen molar-refractivity contribution in [1.29, 1.82) is 0 Å². The zero-order valence-corrected chi connectivity index (χ0v) is 43.9. The lowest BCUT2D eigenvalue weighted by Crippen LogP contribution is -2.30. The highest BCUT2D eigenvalue weighted by atomic mass is 16.5. The van der Waals surface area contributed by atoms with E-state index in [1.807, 2.05) is 0 Å². The topological polar surface area (TPSA) is 66.8 Å². The van der Waals surface area contributed by atoms with Gasteiger partial charge in [-0.2, -0.15) is 0 Å². The van der Waals surface area contributed by atoms with Crippen LogP contribution in [0.3, 0.4) is 0 Å². The Kier molecular flexibility index (Phi) is 50.4. The second-order valence-corrected chi connectivity index (χ2v) is 19.8. The molecule has 0 saturated carbocycles. The van der Waals surface area contributed by atoms with Gasteiger partial charge >= 0.3 is 5.97 Å². The molecular weight excluding hydrogens is 763 g/mol. The van der Waals surface area contributed by atoms with Crippen molar-refractivity contribution in [2.75, 3.05) is 26.2 Å². The number of aliphatic hydroxyl groups is 1. The lowest BCUT2D eigenvalue weighted by atomic mass is 9.85. The first-order valence-electron chi connectivity index (χ1n) is 28.3. The number of esters is 1. The first-order valence-corrected chi connectivity index (χ1v) is 28.3. The summed E-state index contributed by atoms with van der Waals surface area (Å²) in [7, 11) is 0. The van der Waals surface area contributed by atoms with Gasteiger partial charge in [-0.05, 0) is 104 Å². The van der Waals surface area contributed by atoms with Crippen molar-refractivity contribution in [2.45, 2.75) is 318 Å². The molecule has 1 N–H and O–H groups in total. The monoisotopic (exact) mass is 878 g/mol. The van der Waals surface area contributed by atoms with E-state index in [0.717, 1.165) is 96.3 Å². The van der Waals surface area contributed by atoms with Gasteiger partial charge in [0.2, 0.25) is 0 Å². The Bertz CT molecular complexity index is 903. The number of hydrogen-bond donors (Lipinski definition) is 1. The van der Waals surface area contributed by atoms with Crippen LogP contribution in [0.2, 0.25) is 0 Å². The van der Waals surface area contributed by atoms with Crippen molar-refractivity contribution in [1.82, 2.24) is 4.90 Å². The van der Waals surface area contributed by atoms with Crippen molar-refractivity contribution in [3.8, 4) is 0 Å². The van der Waals surface area contributed by atoms with E-state index in [-0.39, 0.29) is 11.9 Å². The number of carbonyl (C=O) groups excluding carboxylic acids is 2. The van der Waals surface area contributed by atoms with Gasteiger partial charge in [-0.15, -0.1) is 0 Å². The van der Waals surface area contributed by atoms with Gasteiger partial charge in [-0.3, -0.25) is 9.59 Å². The Morgan fingerprint density at radius 1 is 0.403 bits per heavy atom. The number of ether oxygens (including phenoxy) is 1. The van der Waals surface area contributed by atoms with Gasteiger partial charge in [0.25, 0.3) is 0 Å². The molecule has 0 fully saturated rings. The fourth-order valence-corrected chi connectivity index (χ4v) is 9.30. The normalized spacial score (nSPS) is 13.5. The Morgan fingerprint density at radius 3 is 1.11 bits per heavy atom. The predicted octanol–water partition coefficient (Wildman–Crippen LogP) is 18.1. The van der Waals surface area contributed by atoms with E-state index in [9.17, 15) is 14.7 Å². The number of unbranched alkanes of at least 4 members (excludes halogenated alkanes) is 24. The third kappa shape index (κ3) is 43.0. The number of Topliss-reactive ketones (excluding diaryl/α,β-unsaturated/α-hetero) is 1. The largest absolute Gasteiger partial charge is 0.465 e. The maximum atomic E-state index is 12.9. The molecule has 0 heterocycles. The Hall–Kier alpha value is -0.940. The van der Waals surface area contributed by atoms with Crippen LogP contribution in [-0.4, -0.2) is 53.6 Å². The minimum Gasteiger partial charge on any atom is -0.465 e. The van der Waals surface area contributed by atoms with Crippen LogP contribution in [0.1, 0.15) is 312 Å². The molecule has 0 radical (unpaired) electrons. The molecule has 3 unspecified atom stereocenters. The van der Waals surface area contributed by atoms with Crippen molar-refractivity contribution >= 4 is 11.8 Å². The summed E-state index contributed by atoms with van der Waals surface area (Å²) in [5, 5.41) is 11.6. The van der Waals surface area contributed by atoms with Gasteiger partial charge in [0.15, 0.2) is 0 Å². The SMILES string of the molecule is CCCCCCCCC(CCCCCC)C(=O)OCCCCCCC(O)(CCCCCCC)CCCCN(CCC)CCC.CCCCCCCCC(CCCCCC)C(C)=O. The number of rotatable bonds is 48. The lowest BCUT2D eigenvalue weighted by molar-refractivity contribution is -0.149. The van der Waals surface area contributed by atoms with Crippen molar-refractivity contribution in [3.63, 3.8) is 0 Å². The van der Waals surface area contributed by atoms with E-state index in [1.165, 1.54) is 180 Å². The van der Waals surface area contributed by atoms with Gasteiger partial charge in [-0.25, -0.2) is 0 Å². The van der Waals surface area contributed by atoms with Crippen LogP contribution in [0.5, 0.6) is 0 Å². The molecule has 0 aromatic carbocycles. The zero-order chi connectivity index (χ0) is 46.2. The summed E-state index contributed by atoms with van der Waals surface area (Å²) >= 11 is 0. The molecule has 0 aliphatic carbocycles. The molecule has 0 spiro atoms. The summed E-state index contributed by atoms with van der Waals surface area (Å²) < 4.78 is 5.82. The van der Waals surface area contributed by atoms with Crippen LogP contribution in [0.4, 0.5) is 0 Å². The molecular formula is C57H115NO4. The molecule has 5 heteroatoms. The maximum absolute atomic E-state index is 12.9. The second-order valence-electron chi connectivity index (χ2n) is 19.8. The average molecular weight is 879 g/mol. The molecule has 0 aromatic heterocycles. The standard InChI is InChI=1S/C40H81NO3.C17H34O/c1-6-11-14-17-18-23-30-38(29-22-16-13-8-3)39(42)44-37-28-21-20-25-32-40(43,31-24-19-15-12-7-2)33-26-27-36-41(34-9-4)35-10-5;1-4-6-8-10-11-13-15-17(16(3)18)14-12-9-7-5-2/h38,43H,6-37H2,1-5H3;17H,4-15H2,1-3H3. The van der Waals surface area contributed by atoms with Crippen LogP contribution in [0.25, 0.3) is 0 Å². The fourth-order valence-electron chi connectivity index (χ4n) is 9.30. The molecule has 62 heavy (non-hydrogen) atoms. The molecule has 0 aromatic rings. The molecule has 0 saturated heterocycles. The second kappa shape index (κ2) is 49.5. The van der Waals surface area contributed by atoms with Gasteiger partial charge in [-0.1, -0.05) is 228 Å². The van der Waals surface area contributed by atoms with Crippen LogP contribution >= 0.6 is 0 Å². The van der Waals surface area contributed by atoms with Gasteiger partial charge in [0, 0.05) is 5.92 Å². The zero-order valence-electron chi connectivity index (χ0n) is 43.9. The number of nitrogens with zero attached hydrogens (tertiary/aromatic N) is 1. The van der Waals surface area contributed by atoms with Crippen LogP contribution in [0, 0.1) is 11.8 Å². The Morgan fingerprint density at radius 2 is 0.726 bits per heavy atom. The first-order chi connectivity index (χ1) is 30.2.